The minimum absolute atomic E-state index is 0.0339. The number of hydrogen-bond donors (Lipinski definition) is 1. The van der Waals surface area contributed by atoms with Crippen molar-refractivity contribution in [3.8, 4) is 0 Å². The Bertz CT molecular complexity index is 365. The third-order valence-electron chi connectivity index (χ3n) is 2.48. The molecule has 5 heteroatoms. The average Bonchev–Trinajstić information content (AvgIpc) is 3.01. The smallest absolute Gasteiger partial charge is 0.350 e. The van der Waals surface area contributed by atoms with Gasteiger partial charge in [-0.2, -0.15) is 0 Å². The summed E-state index contributed by atoms with van der Waals surface area (Å²) in [6, 6.07) is 1.64. The molecule has 1 heterocycles. The van der Waals surface area contributed by atoms with E-state index in [1.807, 2.05) is 6.92 Å². The molecule has 1 aromatic heterocycles. The van der Waals surface area contributed by atoms with Crippen molar-refractivity contribution in [3.05, 3.63) is 15.8 Å². The van der Waals surface area contributed by atoms with Gasteiger partial charge < -0.3 is 15.2 Å². The van der Waals surface area contributed by atoms with Crippen LogP contribution in [0.5, 0.6) is 0 Å². The van der Waals surface area contributed by atoms with Crippen molar-refractivity contribution < 1.29 is 14.3 Å². The third kappa shape index (κ3) is 2.96. The predicted octanol–water partition coefficient (Wildman–Crippen LogP) is 2.18. The van der Waals surface area contributed by atoms with E-state index in [9.17, 15) is 4.79 Å². The van der Waals surface area contributed by atoms with Gasteiger partial charge in [-0.15, -0.1) is 11.3 Å². The van der Waals surface area contributed by atoms with Crippen LogP contribution in [0.3, 0.4) is 0 Å². The van der Waals surface area contributed by atoms with E-state index in [2.05, 4.69) is 0 Å². The highest BCUT2D eigenvalue weighted by molar-refractivity contribution is 7.14. The summed E-state index contributed by atoms with van der Waals surface area (Å²) in [7, 11) is 0. The number of aryl methyl sites for hydroxylation is 1. The van der Waals surface area contributed by atoms with Gasteiger partial charge in [-0.1, -0.05) is 0 Å². The summed E-state index contributed by atoms with van der Waals surface area (Å²) in [6.07, 6.45) is 2.46. The van der Waals surface area contributed by atoms with Crippen LogP contribution in [0.4, 0.5) is 5.69 Å². The summed E-state index contributed by atoms with van der Waals surface area (Å²) >= 11 is 1.34. The van der Waals surface area contributed by atoms with Crippen LogP contribution in [0.15, 0.2) is 6.07 Å². The van der Waals surface area contributed by atoms with E-state index in [4.69, 9.17) is 15.2 Å². The summed E-state index contributed by atoms with van der Waals surface area (Å²) in [5, 5.41) is 0. The van der Waals surface area contributed by atoms with Gasteiger partial charge in [-0.3, -0.25) is 0 Å². The fraction of sp³-hybridized carbons (Fsp3) is 0.545. The SMILES string of the molecule is Cc1sc(C(=O)OCOCC2CC2)cc1N. The monoisotopic (exact) mass is 241 g/mol. The maximum atomic E-state index is 11.5. The first-order valence-electron chi connectivity index (χ1n) is 5.27. The Morgan fingerprint density at radius 1 is 1.62 bits per heavy atom. The number of nitrogens with two attached hydrogens (primary N) is 1. The van der Waals surface area contributed by atoms with E-state index in [0.29, 0.717) is 23.1 Å². The van der Waals surface area contributed by atoms with Gasteiger partial charge in [-0.05, 0) is 31.7 Å². The second-order valence-electron chi connectivity index (χ2n) is 3.99. The predicted molar refractivity (Wildman–Crippen MR) is 62.4 cm³/mol. The maximum Gasteiger partial charge on any atom is 0.350 e. The summed E-state index contributed by atoms with van der Waals surface area (Å²) in [4.78, 5) is 13.0. The van der Waals surface area contributed by atoms with E-state index in [1.54, 1.807) is 6.07 Å². The molecule has 0 amide bonds. The molecular formula is C11H15NO3S. The molecule has 0 unspecified atom stereocenters. The molecule has 1 fully saturated rings. The highest BCUT2D eigenvalue weighted by Gasteiger charge is 2.21. The highest BCUT2D eigenvalue weighted by atomic mass is 32.1. The zero-order valence-corrected chi connectivity index (χ0v) is 10.0. The lowest BCUT2D eigenvalue weighted by Crippen LogP contribution is -2.08. The number of ether oxygens (including phenoxy) is 2. The van der Waals surface area contributed by atoms with Gasteiger partial charge in [0.15, 0.2) is 6.79 Å². The van der Waals surface area contributed by atoms with Gasteiger partial charge >= 0.3 is 5.97 Å². The van der Waals surface area contributed by atoms with Crippen LogP contribution in [0.2, 0.25) is 0 Å². The standard InChI is InChI=1S/C11H15NO3S/c1-7-9(12)4-10(16-7)11(13)15-6-14-5-8-2-3-8/h4,8H,2-3,5-6,12H2,1H3. The Kier molecular flexibility index (Phi) is 3.46. The molecule has 2 N–H and O–H groups in total. The Labute approximate surface area is 98.3 Å². The fourth-order valence-electron chi connectivity index (χ4n) is 1.26. The summed E-state index contributed by atoms with van der Waals surface area (Å²) in [5.74, 6) is 0.318. The van der Waals surface area contributed by atoms with Crippen LogP contribution in [0, 0.1) is 12.8 Å². The van der Waals surface area contributed by atoms with Gasteiger partial charge in [-0.25, -0.2) is 4.79 Å². The van der Waals surface area contributed by atoms with E-state index >= 15 is 0 Å². The minimum atomic E-state index is -0.361. The molecule has 16 heavy (non-hydrogen) atoms. The maximum absolute atomic E-state index is 11.5. The number of hydrogen-bond acceptors (Lipinski definition) is 5. The number of nitrogen functional groups attached to an aromatic ring is 1. The van der Waals surface area contributed by atoms with Gasteiger partial charge in [0, 0.05) is 10.6 Å². The number of thiophene rings is 1. The Balaban J connectivity index is 1.73. The Morgan fingerprint density at radius 3 is 2.94 bits per heavy atom. The van der Waals surface area contributed by atoms with Crippen LogP contribution in [-0.2, 0) is 9.47 Å². The van der Waals surface area contributed by atoms with Gasteiger partial charge in [0.2, 0.25) is 0 Å². The minimum Gasteiger partial charge on any atom is -0.434 e. The van der Waals surface area contributed by atoms with Crippen molar-refractivity contribution in [1.29, 1.82) is 0 Å². The normalized spacial score (nSPS) is 15.1. The number of esters is 1. The molecule has 1 saturated carbocycles. The lowest BCUT2D eigenvalue weighted by atomic mass is 10.4. The molecule has 2 rings (SSSR count). The van der Waals surface area contributed by atoms with Crippen molar-refractivity contribution in [1.82, 2.24) is 0 Å². The topological polar surface area (TPSA) is 61.5 Å². The van der Waals surface area contributed by atoms with Gasteiger partial charge in [0.05, 0.1) is 6.61 Å². The van der Waals surface area contributed by atoms with Crippen molar-refractivity contribution >= 4 is 23.0 Å². The van der Waals surface area contributed by atoms with Crippen molar-refractivity contribution in [2.75, 3.05) is 19.1 Å². The first-order valence-corrected chi connectivity index (χ1v) is 6.09. The van der Waals surface area contributed by atoms with E-state index < -0.39 is 0 Å². The molecule has 1 aliphatic rings. The number of rotatable bonds is 5. The zero-order chi connectivity index (χ0) is 11.5. The molecule has 88 valence electrons. The highest BCUT2D eigenvalue weighted by Crippen LogP contribution is 2.28. The number of anilines is 1. The van der Waals surface area contributed by atoms with E-state index in [1.165, 1.54) is 24.2 Å². The summed E-state index contributed by atoms with van der Waals surface area (Å²) < 4.78 is 10.2. The molecule has 0 aliphatic heterocycles. The van der Waals surface area contributed by atoms with Crippen molar-refractivity contribution in [3.63, 3.8) is 0 Å². The van der Waals surface area contributed by atoms with Gasteiger partial charge in [0.25, 0.3) is 0 Å². The lowest BCUT2D eigenvalue weighted by molar-refractivity contribution is -0.0341. The third-order valence-corrected chi connectivity index (χ3v) is 3.53. The second kappa shape index (κ2) is 4.84. The van der Waals surface area contributed by atoms with Crippen LogP contribution < -0.4 is 5.73 Å². The van der Waals surface area contributed by atoms with Crippen LogP contribution in [-0.4, -0.2) is 19.4 Å². The number of carbonyl (C=O) groups excluding carboxylic acids is 1. The molecule has 0 radical (unpaired) electrons. The molecule has 4 nitrogen and oxygen atoms in total. The quantitative estimate of drug-likeness (QED) is 0.487. The summed E-state index contributed by atoms with van der Waals surface area (Å²) in [5.41, 5.74) is 6.29. The van der Waals surface area contributed by atoms with Crippen molar-refractivity contribution in [2.24, 2.45) is 5.92 Å². The molecule has 0 atom stereocenters. The first kappa shape index (κ1) is 11.4. The molecule has 1 aromatic rings. The zero-order valence-electron chi connectivity index (χ0n) is 9.19. The Morgan fingerprint density at radius 2 is 2.38 bits per heavy atom. The molecule has 0 bridgehead atoms. The molecule has 0 spiro atoms. The van der Waals surface area contributed by atoms with E-state index in [-0.39, 0.29) is 12.8 Å². The first-order chi connectivity index (χ1) is 7.66. The molecular weight excluding hydrogens is 226 g/mol. The lowest BCUT2D eigenvalue weighted by Gasteiger charge is -2.03. The van der Waals surface area contributed by atoms with Gasteiger partial charge in [0.1, 0.15) is 4.88 Å². The fourth-order valence-corrected chi connectivity index (χ4v) is 2.10. The molecule has 0 aromatic carbocycles. The van der Waals surface area contributed by atoms with Crippen LogP contribution in [0.1, 0.15) is 27.4 Å². The molecule has 1 aliphatic carbocycles. The number of carbonyl (C=O) groups is 1. The Hall–Kier alpha value is -1.07. The molecule has 0 saturated heterocycles. The van der Waals surface area contributed by atoms with Crippen molar-refractivity contribution in [2.45, 2.75) is 19.8 Å². The second-order valence-corrected chi connectivity index (χ2v) is 5.24. The largest absolute Gasteiger partial charge is 0.434 e. The van der Waals surface area contributed by atoms with E-state index in [0.717, 1.165) is 4.88 Å². The van der Waals surface area contributed by atoms with Crippen LogP contribution in [0.25, 0.3) is 0 Å². The van der Waals surface area contributed by atoms with Crippen LogP contribution >= 0.6 is 11.3 Å². The average molecular weight is 241 g/mol. The summed E-state index contributed by atoms with van der Waals surface area (Å²) in [6.45, 7) is 2.60.